The number of benzene rings is 1. The van der Waals surface area contributed by atoms with Crippen molar-refractivity contribution in [3.8, 4) is 0 Å². The molecule has 6 heteroatoms. The van der Waals surface area contributed by atoms with Crippen LogP contribution in [0.5, 0.6) is 0 Å². The van der Waals surface area contributed by atoms with Crippen LogP contribution >= 0.6 is 0 Å². The van der Waals surface area contributed by atoms with Gasteiger partial charge in [0.1, 0.15) is 9.84 Å². The third-order valence-electron chi connectivity index (χ3n) is 4.14. The summed E-state index contributed by atoms with van der Waals surface area (Å²) in [5.41, 5.74) is 1.38. The van der Waals surface area contributed by atoms with Crippen LogP contribution in [-0.4, -0.2) is 58.0 Å². The van der Waals surface area contributed by atoms with E-state index in [1.807, 2.05) is 6.07 Å². The minimum absolute atomic E-state index is 0.216. The zero-order chi connectivity index (χ0) is 16.7. The Labute approximate surface area is 139 Å². The van der Waals surface area contributed by atoms with Crippen molar-refractivity contribution in [1.29, 1.82) is 0 Å². The van der Waals surface area contributed by atoms with Crippen molar-refractivity contribution in [2.45, 2.75) is 19.3 Å². The van der Waals surface area contributed by atoms with Crippen molar-refractivity contribution in [3.05, 3.63) is 35.9 Å². The summed E-state index contributed by atoms with van der Waals surface area (Å²) < 4.78 is 22.3. The molecule has 1 fully saturated rings. The summed E-state index contributed by atoms with van der Waals surface area (Å²) in [6.07, 6.45) is 4.15. The van der Waals surface area contributed by atoms with Crippen LogP contribution in [0.4, 0.5) is 0 Å². The monoisotopic (exact) mass is 337 g/mol. The smallest absolute Gasteiger partial charge is 0.193 e. The number of guanidine groups is 1. The molecule has 1 N–H and O–H groups in total. The molecule has 0 aromatic heterocycles. The van der Waals surface area contributed by atoms with Crippen molar-refractivity contribution in [3.63, 3.8) is 0 Å². The molecule has 0 spiro atoms. The van der Waals surface area contributed by atoms with Gasteiger partial charge in [0.2, 0.25) is 0 Å². The molecule has 1 aliphatic heterocycles. The Kier molecular flexibility index (Phi) is 6.45. The lowest BCUT2D eigenvalue weighted by Crippen LogP contribution is -2.40. The first-order chi connectivity index (χ1) is 11.0. The zero-order valence-corrected chi connectivity index (χ0v) is 14.8. The second-order valence-corrected chi connectivity index (χ2v) is 8.51. The summed E-state index contributed by atoms with van der Waals surface area (Å²) in [5.74, 6) is 1.74. The normalized spacial score (nSPS) is 19.1. The van der Waals surface area contributed by atoms with Gasteiger partial charge in [0, 0.05) is 32.9 Å². The van der Waals surface area contributed by atoms with Gasteiger partial charge >= 0.3 is 0 Å². The highest BCUT2D eigenvalue weighted by atomic mass is 32.2. The molecule has 1 atom stereocenters. The van der Waals surface area contributed by atoms with E-state index in [0.717, 1.165) is 25.5 Å². The van der Waals surface area contributed by atoms with Gasteiger partial charge in [0.05, 0.1) is 5.75 Å². The zero-order valence-electron chi connectivity index (χ0n) is 14.0. The van der Waals surface area contributed by atoms with Crippen LogP contribution in [-0.2, 0) is 16.3 Å². The Hall–Kier alpha value is -1.56. The maximum absolute atomic E-state index is 11.1. The molecule has 1 unspecified atom stereocenters. The molecular weight excluding hydrogens is 310 g/mol. The maximum Gasteiger partial charge on any atom is 0.193 e. The van der Waals surface area contributed by atoms with Gasteiger partial charge in [-0.1, -0.05) is 30.3 Å². The molecule has 1 heterocycles. The van der Waals surface area contributed by atoms with Gasteiger partial charge in [0.15, 0.2) is 5.96 Å². The average Bonchev–Trinajstić information content (AvgIpc) is 2.95. The molecule has 1 aliphatic rings. The van der Waals surface area contributed by atoms with Crippen LogP contribution in [0, 0.1) is 5.92 Å². The van der Waals surface area contributed by atoms with Gasteiger partial charge in [-0.2, -0.15) is 0 Å². The van der Waals surface area contributed by atoms with E-state index in [1.165, 1.54) is 18.2 Å². The Morgan fingerprint density at radius 1 is 1.35 bits per heavy atom. The highest BCUT2D eigenvalue weighted by Gasteiger charge is 2.24. The quantitative estimate of drug-likeness (QED) is 0.486. The second kappa shape index (κ2) is 8.34. The summed E-state index contributed by atoms with van der Waals surface area (Å²) in [5, 5.41) is 3.28. The predicted octanol–water partition coefficient (Wildman–Crippen LogP) is 1.56. The highest BCUT2D eigenvalue weighted by molar-refractivity contribution is 7.90. The lowest BCUT2D eigenvalue weighted by atomic mass is 9.99. The molecule has 0 bridgehead atoms. The molecular formula is C17H27N3O2S. The molecule has 0 saturated carbocycles. The lowest BCUT2D eigenvalue weighted by molar-refractivity contribution is 0.460. The van der Waals surface area contributed by atoms with Crippen molar-refractivity contribution in [2.75, 3.05) is 38.7 Å². The van der Waals surface area contributed by atoms with Crippen molar-refractivity contribution < 1.29 is 8.42 Å². The van der Waals surface area contributed by atoms with Gasteiger partial charge in [-0.05, 0) is 30.7 Å². The van der Waals surface area contributed by atoms with E-state index in [-0.39, 0.29) is 5.75 Å². The molecule has 128 valence electrons. The first-order valence-electron chi connectivity index (χ1n) is 8.15. The fourth-order valence-electron chi connectivity index (χ4n) is 3.01. The number of hydrogen-bond donors (Lipinski definition) is 1. The van der Waals surface area contributed by atoms with E-state index in [2.05, 4.69) is 39.5 Å². The number of nitrogens with zero attached hydrogens (tertiary/aromatic N) is 2. The molecule has 0 radical (unpaired) electrons. The molecule has 1 aromatic carbocycles. The van der Waals surface area contributed by atoms with E-state index < -0.39 is 9.84 Å². The molecule has 1 aromatic rings. The van der Waals surface area contributed by atoms with E-state index in [0.29, 0.717) is 18.9 Å². The topological polar surface area (TPSA) is 61.8 Å². The lowest BCUT2D eigenvalue weighted by Gasteiger charge is -2.21. The number of aliphatic imine (C=N–C) groups is 1. The Morgan fingerprint density at radius 2 is 2.09 bits per heavy atom. The van der Waals surface area contributed by atoms with Crippen LogP contribution in [0.15, 0.2) is 35.3 Å². The summed E-state index contributed by atoms with van der Waals surface area (Å²) in [4.78, 5) is 6.60. The number of hydrogen-bond acceptors (Lipinski definition) is 3. The van der Waals surface area contributed by atoms with E-state index in [1.54, 1.807) is 7.05 Å². The molecule has 5 nitrogen and oxygen atoms in total. The Morgan fingerprint density at radius 3 is 2.74 bits per heavy atom. The third-order valence-corrected chi connectivity index (χ3v) is 5.17. The van der Waals surface area contributed by atoms with Crippen molar-refractivity contribution >= 4 is 15.8 Å². The maximum atomic E-state index is 11.1. The summed E-state index contributed by atoms with van der Waals surface area (Å²) >= 11 is 0. The average molecular weight is 337 g/mol. The van der Waals surface area contributed by atoms with Crippen LogP contribution in [0.3, 0.4) is 0 Å². The minimum atomic E-state index is -2.88. The van der Waals surface area contributed by atoms with Crippen LogP contribution in [0.1, 0.15) is 18.4 Å². The van der Waals surface area contributed by atoms with Gasteiger partial charge < -0.3 is 10.2 Å². The number of likely N-dealkylation sites (tertiary alicyclic amines) is 1. The van der Waals surface area contributed by atoms with Crippen LogP contribution in [0.25, 0.3) is 0 Å². The van der Waals surface area contributed by atoms with Crippen LogP contribution in [0.2, 0.25) is 0 Å². The number of rotatable bonds is 6. The first kappa shape index (κ1) is 17.8. The fourth-order valence-corrected chi connectivity index (χ4v) is 3.67. The van der Waals surface area contributed by atoms with E-state index in [4.69, 9.17) is 0 Å². The van der Waals surface area contributed by atoms with Crippen LogP contribution < -0.4 is 5.32 Å². The number of nitrogens with one attached hydrogen (secondary N) is 1. The summed E-state index contributed by atoms with van der Waals surface area (Å²) in [6.45, 7) is 2.64. The predicted molar refractivity (Wildman–Crippen MR) is 95.5 cm³/mol. The summed E-state index contributed by atoms with van der Waals surface area (Å²) in [6, 6.07) is 10.6. The van der Waals surface area contributed by atoms with Crippen molar-refractivity contribution in [2.24, 2.45) is 10.9 Å². The molecule has 2 rings (SSSR count). The third kappa shape index (κ3) is 6.22. The summed E-state index contributed by atoms with van der Waals surface area (Å²) in [7, 11) is -1.10. The second-order valence-electron chi connectivity index (χ2n) is 6.25. The SMILES string of the molecule is CN=C(NCCCS(C)(=O)=O)N1CCC(Cc2ccccc2)C1. The van der Waals surface area contributed by atoms with Gasteiger partial charge in [0.25, 0.3) is 0 Å². The minimum Gasteiger partial charge on any atom is -0.356 e. The highest BCUT2D eigenvalue weighted by Crippen LogP contribution is 2.20. The molecule has 23 heavy (non-hydrogen) atoms. The van der Waals surface area contributed by atoms with Gasteiger partial charge in [-0.15, -0.1) is 0 Å². The molecule has 0 aliphatic carbocycles. The Balaban J connectivity index is 1.77. The largest absolute Gasteiger partial charge is 0.356 e. The standard InChI is InChI=1S/C17H27N3O2S/c1-18-17(19-10-6-12-23(2,21)22)20-11-9-16(14-20)13-15-7-4-3-5-8-15/h3-5,7-8,16H,6,9-14H2,1-2H3,(H,18,19). The van der Waals surface area contributed by atoms with Crippen molar-refractivity contribution in [1.82, 2.24) is 10.2 Å². The van der Waals surface area contributed by atoms with Gasteiger partial charge in [-0.3, -0.25) is 4.99 Å². The van der Waals surface area contributed by atoms with Gasteiger partial charge in [-0.25, -0.2) is 8.42 Å². The first-order valence-corrected chi connectivity index (χ1v) is 10.2. The molecule has 0 amide bonds. The molecule has 1 saturated heterocycles. The van der Waals surface area contributed by atoms with E-state index in [9.17, 15) is 8.42 Å². The number of sulfone groups is 1. The fraction of sp³-hybridized carbons (Fsp3) is 0.588. The van der Waals surface area contributed by atoms with E-state index >= 15 is 0 Å². The Bertz CT molecular complexity index is 614.